The molecule has 0 N–H and O–H groups in total. The van der Waals surface area contributed by atoms with Crippen LogP contribution in [-0.4, -0.2) is 35.5 Å². The van der Waals surface area contributed by atoms with E-state index in [4.69, 9.17) is 17.7 Å². The van der Waals surface area contributed by atoms with Crippen LogP contribution in [-0.2, 0) is 17.7 Å². The van der Waals surface area contributed by atoms with Crippen molar-refractivity contribution < 1.29 is 17.7 Å². The fourth-order valence-electron chi connectivity index (χ4n) is 1.47. The second-order valence-electron chi connectivity index (χ2n) is 5.98. The Morgan fingerprint density at radius 3 is 1.20 bits per heavy atom. The Kier molecular flexibility index (Phi) is 2.72. The molecule has 15 heavy (non-hydrogen) atoms. The van der Waals surface area contributed by atoms with E-state index in [0.717, 1.165) is 0 Å². The van der Waals surface area contributed by atoms with Gasteiger partial charge >= 0.3 is 9.05 Å². The molecule has 88 valence electrons. The van der Waals surface area contributed by atoms with Crippen molar-refractivity contribution in [3.8, 4) is 0 Å². The van der Waals surface area contributed by atoms with Gasteiger partial charge in [-0.3, -0.25) is 0 Å². The van der Waals surface area contributed by atoms with Crippen molar-refractivity contribution >= 4 is 9.05 Å². The molecule has 4 nitrogen and oxygen atoms in total. The highest BCUT2D eigenvalue weighted by Gasteiger charge is 2.55. The number of hydrogen-bond donors (Lipinski definition) is 0. The van der Waals surface area contributed by atoms with Crippen LogP contribution in [0.3, 0.4) is 0 Å². The lowest BCUT2D eigenvalue weighted by atomic mass is 9.97. The van der Waals surface area contributed by atoms with Crippen LogP contribution >= 0.6 is 0 Å². The number of rotatable bonds is 0. The van der Waals surface area contributed by atoms with Gasteiger partial charge in [0.15, 0.2) is 0 Å². The normalized spacial score (nSPS) is 32.8. The first-order chi connectivity index (χ1) is 6.83. The summed E-state index contributed by atoms with van der Waals surface area (Å²) in [6, 6.07) is 0. The molecule has 0 saturated carbocycles. The van der Waals surface area contributed by atoms with Gasteiger partial charge in [0.1, 0.15) is 0 Å². The topological polar surface area (TPSA) is 36.9 Å². The van der Waals surface area contributed by atoms with Gasteiger partial charge < -0.3 is 17.7 Å². The van der Waals surface area contributed by atoms with Crippen molar-refractivity contribution in [1.29, 1.82) is 0 Å². The van der Waals surface area contributed by atoms with Crippen LogP contribution in [0.1, 0.15) is 27.7 Å². The van der Waals surface area contributed by atoms with E-state index < -0.39 is 9.05 Å². The lowest BCUT2D eigenvalue weighted by molar-refractivity contribution is -0.146. The summed E-state index contributed by atoms with van der Waals surface area (Å²) in [5, 5.41) is 0. The molecule has 1 spiro atoms. The molecule has 2 aliphatic rings. The Balaban J connectivity index is 1.95. The molecule has 0 aromatic carbocycles. The molecule has 2 fully saturated rings. The van der Waals surface area contributed by atoms with Crippen LogP contribution in [0, 0.1) is 10.8 Å². The Morgan fingerprint density at radius 2 is 0.933 bits per heavy atom. The molecular weight excluding hydrogens is 212 g/mol. The maximum Gasteiger partial charge on any atom is 0.679 e. The van der Waals surface area contributed by atoms with E-state index in [1.807, 2.05) is 0 Å². The predicted octanol–water partition coefficient (Wildman–Crippen LogP) is 1.57. The van der Waals surface area contributed by atoms with Crippen molar-refractivity contribution in [2.24, 2.45) is 10.8 Å². The summed E-state index contributed by atoms with van der Waals surface area (Å²) in [6.45, 7) is 11.1. The molecule has 2 aliphatic heterocycles. The molecule has 0 amide bonds. The molecule has 0 bridgehead atoms. The van der Waals surface area contributed by atoms with E-state index in [1.54, 1.807) is 0 Å². The van der Waals surface area contributed by atoms with Gasteiger partial charge in [-0.25, -0.2) is 0 Å². The van der Waals surface area contributed by atoms with Crippen LogP contribution in [0.2, 0.25) is 0 Å². The zero-order valence-corrected chi connectivity index (χ0v) is 11.0. The number of hydrogen-bond acceptors (Lipinski definition) is 4. The van der Waals surface area contributed by atoms with E-state index in [0.29, 0.717) is 26.4 Å². The SMILES string of the molecule is CC1(C)CO[Si]2(OC1)OCC(C)(C)CO2. The van der Waals surface area contributed by atoms with Gasteiger partial charge in [0.2, 0.25) is 0 Å². The average molecular weight is 232 g/mol. The smallest absolute Gasteiger partial charge is 0.351 e. The summed E-state index contributed by atoms with van der Waals surface area (Å²) in [5.41, 5.74) is 0.135. The fraction of sp³-hybridized carbons (Fsp3) is 1.00. The fourth-order valence-corrected chi connectivity index (χ4v) is 4.24. The third-order valence-electron chi connectivity index (χ3n) is 2.56. The molecule has 0 aromatic heterocycles. The van der Waals surface area contributed by atoms with Gasteiger partial charge in [-0.15, -0.1) is 0 Å². The first-order valence-electron chi connectivity index (χ1n) is 5.39. The van der Waals surface area contributed by atoms with Gasteiger partial charge in [-0.05, 0) is 0 Å². The van der Waals surface area contributed by atoms with Gasteiger partial charge in [-0.1, -0.05) is 27.7 Å². The molecule has 0 aliphatic carbocycles. The Morgan fingerprint density at radius 1 is 0.667 bits per heavy atom. The standard InChI is InChI=1S/C10H20O4Si/c1-9(2)5-11-15(12-6-9)13-7-10(3,4)8-14-15/h5-8H2,1-4H3. The molecule has 0 aromatic rings. The third kappa shape index (κ3) is 2.60. The van der Waals surface area contributed by atoms with Crippen molar-refractivity contribution in [3.63, 3.8) is 0 Å². The minimum Gasteiger partial charge on any atom is -0.351 e. The van der Waals surface area contributed by atoms with Crippen LogP contribution in [0.5, 0.6) is 0 Å². The lowest BCUT2D eigenvalue weighted by Gasteiger charge is -2.44. The van der Waals surface area contributed by atoms with E-state index >= 15 is 0 Å². The monoisotopic (exact) mass is 232 g/mol. The lowest BCUT2D eigenvalue weighted by Crippen LogP contribution is -2.61. The molecule has 2 rings (SSSR count). The summed E-state index contributed by atoms with van der Waals surface area (Å²) in [4.78, 5) is 0. The first kappa shape index (κ1) is 11.5. The summed E-state index contributed by atoms with van der Waals surface area (Å²) in [5.74, 6) is 0. The van der Waals surface area contributed by atoms with Gasteiger partial charge in [0.05, 0.1) is 0 Å². The molecule has 0 radical (unpaired) electrons. The van der Waals surface area contributed by atoms with E-state index in [9.17, 15) is 0 Å². The predicted molar refractivity (Wildman–Crippen MR) is 57.1 cm³/mol. The molecule has 2 saturated heterocycles. The zero-order valence-electron chi connectivity index (χ0n) is 9.96. The minimum atomic E-state index is -2.75. The largest absolute Gasteiger partial charge is 0.679 e. The summed E-state index contributed by atoms with van der Waals surface area (Å²) in [6.07, 6.45) is 0. The van der Waals surface area contributed by atoms with Gasteiger partial charge in [0.25, 0.3) is 0 Å². The third-order valence-corrected chi connectivity index (χ3v) is 4.55. The van der Waals surface area contributed by atoms with Crippen molar-refractivity contribution in [3.05, 3.63) is 0 Å². The zero-order chi connectivity index (χ0) is 11.2. The quantitative estimate of drug-likeness (QED) is 0.594. The van der Waals surface area contributed by atoms with Crippen LogP contribution in [0.4, 0.5) is 0 Å². The summed E-state index contributed by atoms with van der Waals surface area (Å²) >= 11 is 0. The van der Waals surface area contributed by atoms with Gasteiger partial charge in [-0.2, -0.15) is 0 Å². The Hall–Kier alpha value is 0.0569. The van der Waals surface area contributed by atoms with Crippen molar-refractivity contribution in [2.75, 3.05) is 26.4 Å². The molecule has 5 heteroatoms. The molecule has 0 atom stereocenters. The Bertz CT molecular complexity index is 202. The van der Waals surface area contributed by atoms with E-state index in [-0.39, 0.29) is 10.8 Å². The highest BCUT2D eigenvalue weighted by atomic mass is 28.4. The van der Waals surface area contributed by atoms with Crippen LogP contribution in [0.25, 0.3) is 0 Å². The van der Waals surface area contributed by atoms with Crippen LogP contribution < -0.4 is 0 Å². The average Bonchev–Trinajstić information content (AvgIpc) is 2.15. The maximum absolute atomic E-state index is 5.69. The highest BCUT2D eigenvalue weighted by molar-refractivity contribution is 6.53. The second kappa shape index (κ2) is 3.53. The van der Waals surface area contributed by atoms with Crippen molar-refractivity contribution in [1.82, 2.24) is 0 Å². The minimum absolute atomic E-state index is 0.0674. The van der Waals surface area contributed by atoms with Crippen LogP contribution in [0.15, 0.2) is 0 Å². The molecular formula is C10H20O4Si. The van der Waals surface area contributed by atoms with Gasteiger partial charge in [0, 0.05) is 37.3 Å². The molecule has 2 heterocycles. The summed E-state index contributed by atoms with van der Waals surface area (Å²) in [7, 11) is -2.75. The Labute approximate surface area is 92.3 Å². The van der Waals surface area contributed by atoms with Crippen molar-refractivity contribution in [2.45, 2.75) is 27.7 Å². The highest BCUT2D eigenvalue weighted by Crippen LogP contribution is 2.33. The first-order valence-corrected chi connectivity index (χ1v) is 7.02. The van der Waals surface area contributed by atoms with E-state index in [1.165, 1.54) is 0 Å². The summed E-state index contributed by atoms with van der Waals surface area (Å²) < 4.78 is 22.7. The maximum atomic E-state index is 5.69. The second-order valence-corrected chi connectivity index (χ2v) is 8.14. The van der Waals surface area contributed by atoms with E-state index in [2.05, 4.69) is 27.7 Å². The molecule has 0 unspecified atom stereocenters.